The second-order valence-electron chi connectivity index (χ2n) is 6.42. The predicted molar refractivity (Wildman–Crippen MR) is 113 cm³/mol. The molecule has 0 bridgehead atoms. The van der Waals surface area contributed by atoms with Crippen LogP contribution in [0.3, 0.4) is 0 Å². The molecule has 1 rings (SSSR count). The summed E-state index contributed by atoms with van der Waals surface area (Å²) in [4.78, 5) is 15.6. The number of halogens is 1. The van der Waals surface area contributed by atoms with Crippen molar-refractivity contribution in [2.75, 3.05) is 40.0 Å². The van der Waals surface area contributed by atoms with E-state index >= 15 is 0 Å². The summed E-state index contributed by atoms with van der Waals surface area (Å²) in [6, 6.07) is 0. The molecule has 148 valence electrons. The highest BCUT2D eigenvalue weighted by Gasteiger charge is 2.33. The van der Waals surface area contributed by atoms with E-state index in [1.165, 1.54) is 25.7 Å². The Kier molecular flexibility index (Phi) is 14.3. The molecule has 0 saturated heterocycles. The number of hydrogen-bond acceptors (Lipinski definition) is 4. The summed E-state index contributed by atoms with van der Waals surface area (Å²) < 4.78 is 10.5. The predicted octanol–water partition coefficient (Wildman–Crippen LogP) is 3.10. The number of aliphatic imine (C=N–C) groups is 1. The lowest BCUT2D eigenvalue weighted by Crippen LogP contribution is -2.43. The normalized spacial score (nSPS) is 16.2. The summed E-state index contributed by atoms with van der Waals surface area (Å²) >= 11 is 0. The summed E-state index contributed by atoms with van der Waals surface area (Å²) in [6.07, 6.45) is 7.41. The topological polar surface area (TPSA) is 72.0 Å². The zero-order valence-corrected chi connectivity index (χ0v) is 18.4. The van der Waals surface area contributed by atoms with Crippen molar-refractivity contribution in [2.24, 2.45) is 10.4 Å². The van der Waals surface area contributed by atoms with Gasteiger partial charge in [-0.05, 0) is 44.9 Å². The number of guanidine groups is 1. The van der Waals surface area contributed by atoms with Gasteiger partial charge in [-0.25, -0.2) is 0 Å². The molecule has 0 aromatic heterocycles. The van der Waals surface area contributed by atoms with E-state index in [4.69, 9.17) is 9.47 Å². The van der Waals surface area contributed by atoms with Crippen LogP contribution >= 0.6 is 24.0 Å². The van der Waals surface area contributed by atoms with E-state index in [-0.39, 0.29) is 29.9 Å². The van der Waals surface area contributed by atoms with Crippen LogP contribution in [0.15, 0.2) is 4.99 Å². The number of hydrogen-bond donors (Lipinski definition) is 2. The van der Waals surface area contributed by atoms with E-state index in [9.17, 15) is 4.79 Å². The van der Waals surface area contributed by atoms with Crippen molar-refractivity contribution in [3.8, 4) is 0 Å². The molecule has 1 aliphatic carbocycles. The Morgan fingerprint density at radius 3 is 2.48 bits per heavy atom. The molecule has 0 atom stereocenters. The summed E-state index contributed by atoms with van der Waals surface area (Å²) in [5.74, 6) is 0.671. The van der Waals surface area contributed by atoms with Crippen LogP contribution in [0.2, 0.25) is 0 Å². The summed E-state index contributed by atoms with van der Waals surface area (Å²) in [5, 5.41) is 6.73. The maximum Gasteiger partial charge on any atom is 0.305 e. The Labute approximate surface area is 169 Å². The summed E-state index contributed by atoms with van der Waals surface area (Å²) in [5.41, 5.74) is 0.331. The molecule has 0 aromatic carbocycles. The van der Waals surface area contributed by atoms with Gasteiger partial charge >= 0.3 is 5.97 Å². The first kappa shape index (κ1) is 24.4. The van der Waals surface area contributed by atoms with Crippen molar-refractivity contribution in [3.63, 3.8) is 0 Å². The van der Waals surface area contributed by atoms with E-state index < -0.39 is 0 Å². The average molecular weight is 469 g/mol. The second-order valence-corrected chi connectivity index (χ2v) is 6.42. The van der Waals surface area contributed by atoms with Crippen LogP contribution in [0.4, 0.5) is 0 Å². The minimum Gasteiger partial charge on any atom is -0.466 e. The van der Waals surface area contributed by atoms with Crippen molar-refractivity contribution in [1.82, 2.24) is 10.6 Å². The van der Waals surface area contributed by atoms with E-state index in [2.05, 4.69) is 15.6 Å². The monoisotopic (exact) mass is 469 g/mol. The van der Waals surface area contributed by atoms with Gasteiger partial charge in [-0.3, -0.25) is 9.79 Å². The maximum absolute atomic E-state index is 11.3. The average Bonchev–Trinajstić information content (AvgIpc) is 3.04. The molecule has 1 fully saturated rings. The lowest BCUT2D eigenvalue weighted by atomic mass is 9.83. The third-order valence-corrected chi connectivity index (χ3v) is 4.65. The molecule has 1 saturated carbocycles. The fourth-order valence-electron chi connectivity index (χ4n) is 3.24. The summed E-state index contributed by atoms with van der Waals surface area (Å²) in [7, 11) is 1.78. The molecule has 2 N–H and O–H groups in total. The molecule has 0 aromatic rings. The molecule has 25 heavy (non-hydrogen) atoms. The molecule has 6 nitrogen and oxygen atoms in total. The smallest absolute Gasteiger partial charge is 0.305 e. The number of ether oxygens (including phenoxy) is 2. The third kappa shape index (κ3) is 10.2. The molecular formula is C18H36IN3O3. The molecule has 0 radical (unpaired) electrons. The Hall–Kier alpha value is -0.570. The third-order valence-electron chi connectivity index (χ3n) is 4.65. The van der Waals surface area contributed by atoms with Crippen molar-refractivity contribution >= 4 is 35.9 Å². The van der Waals surface area contributed by atoms with Gasteiger partial charge in [-0.1, -0.05) is 12.8 Å². The van der Waals surface area contributed by atoms with Gasteiger partial charge in [0.15, 0.2) is 5.96 Å². The van der Waals surface area contributed by atoms with Gasteiger partial charge < -0.3 is 20.1 Å². The van der Waals surface area contributed by atoms with Crippen LogP contribution in [0.25, 0.3) is 0 Å². The van der Waals surface area contributed by atoms with E-state index in [1.807, 2.05) is 13.8 Å². The van der Waals surface area contributed by atoms with Gasteiger partial charge in [-0.2, -0.15) is 0 Å². The van der Waals surface area contributed by atoms with Gasteiger partial charge in [0.2, 0.25) is 0 Å². The van der Waals surface area contributed by atoms with Crippen molar-refractivity contribution < 1.29 is 14.3 Å². The first-order chi connectivity index (χ1) is 11.7. The van der Waals surface area contributed by atoms with Crippen molar-refractivity contribution in [3.05, 3.63) is 0 Å². The van der Waals surface area contributed by atoms with Crippen LogP contribution in [0, 0.1) is 5.41 Å². The standard InChI is InChI=1S/C18H35N3O3.HI/c1-4-23-14-12-18(10-6-7-11-18)15-21-17(19-3)20-13-8-9-16(22)24-5-2;/h4-15H2,1-3H3,(H2,19,20,21);1H. The first-order valence-corrected chi connectivity index (χ1v) is 9.33. The first-order valence-electron chi connectivity index (χ1n) is 9.33. The summed E-state index contributed by atoms with van der Waals surface area (Å²) in [6.45, 7) is 7.58. The number of carbonyl (C=O) groups excluding carboxylic acids is 1. The Morgan fingerprint density at radius 1 is 1.16 bits per heavy atom. The van der Waals surface area contributed by atoms with Crippen molar-refractivity contribution in [2.45, 2.75) is 58.8 Å². The molecule has 0 unspecified atom stereocenters. The lowest BCUT2D eigenvalue weighted by molar-refractivity contribution is -0.143. The molecule has 0 aliphatic heterocycles. The van der Waals surface area contributed by atoms with Crippen LogP contribution in [-0.4, -0.2) is 51.9 Å². The minimum atomic E-state index is -0.136. The fourth-order valence-corrected chi connectivity index (χ4v) is 3.24. The van der Waals surface area contributed by atoms with Crippen LogP contribution in [-0.2, 0) is 14.3 Å². The highest BCUT2D eigenvalue weighted by atomic mass is 127. The highest BCUT2D eigenvalue weighted by molar-refractivity contribution is 14.0. The van der Waals surface area contributed by atoms with Gasteiger partial charge in [0.25, 0.3) is 0 Å². The minimum absolute atomic E-state index is 0. The van der Waals surface area contributed by atoms with Crippen molar-refractivity contribution in [1.29, 1.82) is 0 Å². The van der Waals surface area contributed by atoms with E-state index in [0.29, 0.717) is 25.0 Å². The molecule has 1 aliphatic rings. The van der Waals surface area contributed by atoms with Crippen LogP contribution < -0.4 is 10.6 Å². The Morgan fingerprint density at radius 2 is 1.88 bits per heavy atom. The molecule has 0 heterocycles. The van der Waals surface area contributed by atoms with Gasteiger partial charge in [0.1, 0.15) is 0 Å². The quantitative estimate of drug-likeness (QED) is 0.160. The number of rotatable bonds is 11. The molecule has 0 amide bonds. The molecule has 7 heteroatoms. The molecule has 0 spiro atoms. The number of nitrogens with one attached hydrogen (secondary N) is 2. The van der Waals surface area contributed by atoms with Gasteiger partial charge in [0, 0.05) is 39.8 Å². The fraction of sp³-hybridized carbons (Fsp3) is 0.889. The van der Waals surface area contributed by atoms with Crippen LogP contribution in [0.1, 0.15) is 58.8 Å². The number of nitrogens with zero attached hydrogens (tertiary/aromatic N) is 1. The lowest BCUT2D eigenvalue weighted by Gasteiger charge is -2.30. The molecular weight excluding hydrogens is 433 g/mol. The maximum atomic E-state index is 11.3. The van der Waals surface area contributed by atoms with Crippen LogP contribution in [0.5, 0.6) is 0 Å². The Bertz CT molecular complexity index is 386. The Balaban J connectivity index is 0.00000576. The second kappa shape index (κ2) is 14.6. The largest absolute Gasteiger partial charge is 0.466 e. The van der Waals surface area contributed by atoms with Gasteiger partial charge in [0.05, 0.1) is 6.61 Å². The van der Waals surface area contributed by atoms with E-state index in [1.54, 1.807) is 7.05 Å². The SMILES string of the molecule is CCOCCC1(CNC(=NC)NCCCC(=O)OCC)CCCC1.I. The van der Waals surface area contributed by atoms with E-state index in [0.717, 1.165) is 38.6 Å². The number of esters is 1. The zero-order chi connectivity index (χ0) is 17.7. The number of carbonyl (C=O) groups is 1. The van der Waals surface area contributed by atoms with Gasteiger partial charge in [-0.15, -0.1) is 24.0 Å². The highest BCUT2D eigenvalue weighted by Crippen LogP contribution is 2.40. The zero-order valence-electron chi connectivity index (χ0n) is 16.1.